The molecule has 0 aliphatic heterocycles. The van der Waals surface area contributed by atoms with Crippen molar-refractivity contribution in [2.45, 2.75) is 44.2 Å². The Morgan fingerprint density at radius 1 is 1.43 bits per heavy atom. The number of hydrogen-bond donors (Lipinski definition) is 1. The van der Waals surface area contributed by atoms with Crippen molar-refractivity contribution in [2.75, 3.05) is 0 Å². The predicted molar refractivity (Wildman–Crippen MR) is 97.8 cm³/mol. The first-order valence-corrected chi connectivity index (χ1v) is 9.11. The van der Waals surface area contributed by atoms with E-state index in [0.717, 1.165) is 4.47 Å². The minimum Gasteiger partial charge on any atom is -0.351 e. The Morgan fingerprint density at radius 3 is 2.78 bits per heavy atom. The quantitative estimate of drug-likeness (QED) is 0.860. The van der Waals surface area contributed by atoms with Crippen molar-refractivity contribution in [3.8, 4) is 0 Å². The van der Waals surface area contributed by atoms with Gasteiger partial charge in [0, 0.05) is 28.0 Å². The highest BCUT2D eigenvalue weighted by Crippen LogP contribution is 2.18. The molecule has 0 radical (unpaired) electrons. The number of carbonyl (C=O) groups is 1. The summed E-state index contributed by atoms with van der Waals surface area (Å²) in [5, 5.41) is 2.74. The third-order valence-corrected chi connectivity index (χ3v) is 4.67. The molecule has 2 rings (SSSR count). The van der Waals surface area contributed by atoms with Gasteiger partial charge in [-0.3, -0.25) is 14.0 Å². The van der Waals surface area contributed by atoms with Crippen LogP contribution >= 0.6 is 27.7 Å². The van der Waals surface area contributed by atoms with Gasteiger partial charge in [0.1, 0.15) is 5.65 Å². The molecule has 5 nitrogen and oxygen atoms in total. The summed E-state index contributed by atoms with van der Waals surface area (Å²) in [6, 6.07) is 5.15. The van der Waals surface area contributed by atoms with E-state index >= 15 is 0 Å². The zero-order valence-electron chi connectivity index (χ0n) is 13.6. The first kappa shape index (κ1) is 18.0. The molecule has 0 unspecified atom stereocenters. The molecule has 2 aromatic rings. The van der Waals surface area contributed by atoms with E-state index in [9.17, 15) is 9.59 Å². The average Bonchev–Trinajstić information content (AvgIpc) is 2.43. The molecule has 1 N–H and O–H groups in total. The summed E-state index contributed by atoms with van der Waals surface area (Å²) in [5.41, 5.74) is 0.902. The highest BCUT2D eigenvalue weighted by molar-refractivity contribution is 9.10. The van der Waals surface area contributed by atoms with Gasteiger partial charge in [-0.1, -0.05) is 0 Å². The second kappa shape index (κ2) is 7.05. The molecular formula is C16H20BrN3O2S. The molecule has 7 heteroatoms. The van der Waals surface area contributed by atoms with Crippen molar-refractivity contribution in [3.63, 3.8) is 0 Å². The van der Waals surface area contributed by atoms with Crippen molar-refractivity contribution < 1.29 is 4.79 Å². The lowest BCUT2D eigenvalue weighted by Gasteiger charge is -2.23. The van der Waals surface area contributed by atoms with Gasteiger partial charge in [0.15, 0.2) is 0 Å². The van der Waals surface area contributed by atoms with Crippen molar-refractivity contribution in [1.82, 2.24) is 14.7 Å². The number of aromatic nitrogens is 2. The Balaban J connectivity index is 2.09. The van der Waals surface area contributed by atoms with Crippen molar-refractivity contribution in [3.05, 3.63) is 44.9 Å². The van der Waals surface area contributed by atoms with Crippen LogP contribution in [0.2, 0.25) is 0 Å². The van der Waals surface area contributed by atoms with Crippen LogP contribution in [0.25, 0.3) is 5.65 Å². The van der Waals surface area contributed by atoms with E-state index in [0.29, 0.717) is 17.1 Å². The second-order valence-corrected chi connectivity index (χ2v) is 8.60. The lowest BCUT2D eigenvalue weighted by atomic mass is 10.1. The smallest absolute Gasteiger partial charge is 0.258 e. The van der Waals surface area contributed by atoms with Gasteiger partial charge in [-0.2, -0.15) is 0 Å². The highest BCUT2D eigenvalue weighted by atomic mass is 79.9. The molecule has 0 aromatic carbocycles. The van der Waals surface area contributed by atoms with Crippen LogP contribution in [0.1, 0.15) is 33.4 Å². The number of amides is 1. The SMILES string of the molecule is C[C@H](SCc1cc(=O)n2cc(Br)ccc2n1)C(=O)NC(C)(C)C. The number of nitrogens with one attached hydrogen (secondary N) is 1. The molecule has 2 heterocycles. The fraction of sp³-hybridized carbons (Fsp3) is 0.438. The number of halogens is 1. The van der Waals surface area contributed by atoms with E-state index < -0.39 is 0 Å². The first-order valence-electron chi connectivity index (χ1n) is 7.27. The highest BCUT2D eigenvalue weighted by Gasteiger charge is 2.19. The monoisotopic (exact) mass is 397 g/mol. The van der Waals surface area contributed by atoms with Crippen molar-refractivity contribution in [2.24, 2.45) is 0 Å². The molecule has 1 atom stereocenters. The lowest BCUT2D eigenvalue weighted by Crippen LogP contribution is -2.44. The van der Waals surface area contributed by atoms with Crippen molar-refractivity contribution >= 4 is 39.2 Å². The van der Waals surface area contributed by atoms with E-state index in [-0.39, 0.29) is 22.3 Å². The molecule has 2 aromatic heterocycles. The number of pyridine rings is 1. The number of carbonyl (C=O) groups excluding carboxylic acids is 1. The van der Waals surface area contributed by atoms with Gasteiger partial charge in [0.05, 0.1) is 10.9 Å². The van der Waals surface area contributed by atoms with E-state index in [1.807, 2.05) is 33.8 Å². The Morgan fingerprint density at radius 2 is 2.13 bits per heavy atom. The average molecular weight is 398 g/mol. The molecule has 1 amide bonds. The van der Waals surface area contributed by atoms with E-state index in [4.69, 9.17) is 0 Å². The minimum absolute atomic E-state index is 0.0102. The summed E-state index contributed by atoms with van der Waals surface area (Å²) in [5.74, 6) is 0.504. The zero-order chi connectivity index (χ0) is 17.2. The van der Waals surface area contributed by atoms with Crippen LogP contribution < -0.4 is 10.9 Å². The molecule has 124 valence electrons. The van der Waals surface area contributed by atoms with Gasteiger partial charge in [-0.05, 0) is 55.8 Å². The van der Waals surface area contributed by atoms with Gasteiger partial charge >= 0.3 is 0 Å². The third-order valence-electron chi connectivity index (χ3n) is 3.03. The minimum atomic E-state index is -0.251. The largest absolute Gasteiger partial charge is 0.351 e. The van der Waals surface area contributed by atoms with Gasteiger partial charge in [0.2, 0.25) is 5.91 Å². The van der Waals surface area contributed by atoms with Crippen LogP contribution in [0, 0.1) is 0 Å². The molecule has 0 fully saturated rings. The van der Waals surface area contributed by atoms with Gasteiger partial charge in [0.25, 0.3) is 5.56 Å². The molecule has 0 aliphatic rings. The van der Waals surface area contributed by atoms with Crippen LogP contribution in [-0.2, 0) is 10.5 Å². The standard InChI is InChI=1S/C16H20BrN3O2S/c1-10(15(22)19-16(2,3)4)23-9-12-7-14(21)20-8-11(17)5-6-13(20)18-12/h5-8,10H,9H2,1-4H3,(H,19,22)/t10-/m0/s1. The molecule has 23 heavy (non-hydrogen) atoms. The van der Waals surface area contributed by atoms with Gasteiger partial charge in [-0.25, -0.2) is 4.98 Å². The maximum atomic E-state index is 12.1. The predicted octanol–water partition coefficient (Wildman–Crippen LogP) is 2.99. The fourth-order valence-electron chi connectivity index (χ4n) is 1.96. The first-order chi connectivity index (χ1) is 10.7. The Kier molecular flexibility index (Phi) is 5.52. The summed E-state index contributed by atoms with van der Waals surface area (Å²) < 4.78 is 2.32. The summed E-state index contributed by atoms with van der Waals surface area (Å²) in [6.45, 7) is 7.71. The third kappa shape index (κ3) is 5.07. The molecule has 0 saturated carbocycles. The number of fused-ring (bicyclic) bond motifs is 1. The number of rotatable bonds is 4. The van der Waals surface area contributed by atoms with Crippen LogP contribution in [0.15, 0.2) is 33.7 Å². The summed E-state index contributed by atoms with van der Waals surface area (Å²) in [7, 11) is 0. The number of hydrogen-bond acceptors (Lipinski definition) is 4. The Bertz CT molecular complexity index is 783. The van der Waals surface area contributed by atoms with Crippen LogP contribution in [0.3, 0.4) is 0 Å². The molecular weight excluding hydrogens is 378 g/mol. The Hall–Kier alpha value is -1.34. The fourth-order valence-corrected chi connectivity index (χ4v) is 3.07. The second-order valence-electron chi connectivity index (χ2n) is 6.35. The molecule has 0 saturated heterocycles. The van der Waals surface area contributed by atoms with E-state index in [1.165, 1.54) is 22.2 Å². The molecule has 0 spiro atoms. The van der Waals surface area contributed by atoms with E-state index in [1.54, 1.807) is 12.3 Å². The maximum Gasteiger partial charge on any atom is 0.258 e. The number of nitrogens with zero attached hydrogens (tertiary/aromatic N) is 2. The maximum absolute atomic E-state index is 12.1. The van der Waals surface area contributed by atoms with Crippen LogP contribution in [0.4, 0.5) is 0 Å². The summed E-state index contributed by atoms with van der Waals surface area (Å²) >= 11 is 4.81. The summed E-state index contributed by atoms with van der Waals surface area (Å²) in [6.07, 6.45) is 1.70. The summed E-state index contributed by atoms with van der Waals surface area (Å²) in [4.78, 5) is 28.7. The van der Waals surface area contributed by atoms with Crippen molar-refractivity contribution in [1.29, 1.82) is 0 Å². The van der Waals surface area contributed by atoms with Gasteiger partial charge in [-0.15, -0.1) is 11.8 Å². The number of thioether (sulfide) groups is 1. The molecule has 0 bridgehead atoms. The normalized spacial score (nSPS) is 13.1. The zero-order valence-corrected chi connectivity index (χ0v) is 16.0. The lowest BCUT2D eigenvalue weighted by molar-refractivity contribution is -0.121. The Labute approximate surface area is 148 Å². The van der Waals surface area contributed by atoms with Gasteiger partial charge < -0.3 is 5.32 Å². The molecule has 0 aliphatic carbocycles. The topological polar surface area (TPSA) is 63.5 Å². The van der Waals surface area contributed by atoms with E-state index in [2.05, 4.69) is 26.2 Å². The van der Waals surface area contributed by atoms with Crippen LogP contribution in [-0.4, -0.2) is 26.1 Å². The van der Waals surface area contributed by atoms with Crippen LogP contribution in [0.5, 0.6) is 0 Å².